The molecule has 0 spiro atoms. The first kappa shape index (κ1) is 12.5. The second-order valence-electron chi connectivity index (χ2n) is 3.60. The average Bonchev–Trinajstić information content (AvgIpc) is 2.33. The smallest absolute Gasteiger partial charge is 0.181 e. The third-order valence-corrected chi connectivity index (χ3v) is 3.50. The molecule has 0 N–H and O–H groups in total. The number of pyridine rings is 1. The molecular weight excluding hydrogens is 302 g/mol. The maximum atomic E-state index is 6.11. The van der Waals surface area contributed by atoms with Gasteiger partial charge in [-0.25, -0.2) is 9.97 Å². The molecule has 0 radical (unpaired) electrons. The van der Waals surface area contributed by atoms with Crippen LogP contribution < -0.4 is 0 Å². The average molecular weight is 313 g/mol. The summed E-state index contributed by atoms with van der Waals surface area (Å²) < 4.78 is 0.863. The van der Waals surface area contributed by atoms with Gasteiger partial charge in [0.1, 0.15) is 10.8 Å². The first-order chi connectivity index (χ1) is 8.13. The fourth-order valence-corrected chi connectivity index (χ4v) is 2.15. The lowest BCUT2D eigenvalue weighted by Gasteiger charge is -2.08. The molecule has 0 atom stereocenters. The largest absolute Gasteiger partial charge is 0.252 e. The van der Waals surface area contributed by atoms with Crippen LogP contribution in [0.25, 0.3) is 11.5 Å². The van der Waals surface area contributed by atoms with Gasteiger partial charge in [0.2, 0.25) is 0 Å². The van der Waals surface area contributed by atoms with Crippen molar-refractivity contribution >= 4 is 27.5 Å². The van der Waals surface area contributed by atoms with E-state index < -0.39 is 0 Å². The molecule has 2 heterocycles. The lowest BCUT2D eigenvalue weighted by molar-refractivity contribution is 0.969. The van der Waals surface area contributed by atoms with Crippen molar-refractivity contribution in [2.75, 3.05) is 0 Å². The third kappa shape index (κ3) is 2.48. The summed E-state index contributed by atoms with van der Waals surface area (Å²) in [5.74, 6) is 0.560. The first-order valence-corrected chi connectivity index (χ1v) is 6.44. The van der Waals surface area contributed by atoms with Gasteiger partial charge in [0, 0.05) is 21.9 Å². The zero-order valence-corrected chi connectivity index (χ0v) is 11.9. The van der Waals surface area contributed by atoms with Crippen molar-refractivity contribution in [3.8, 4) is 11.5 Å². The summed E-state index contributed by atoms with van der Waals surface area (Å²) in [4.78, 5) is 13.0. The third-order valence-electron chi connectivity index (χ3n) is 2.49. The van der Waals surface area contributed by atoms with Crippen LogP contribution in [0.15, 0.2) is 22.8 Å². The van der Waals surface area contributed by atoms with Crippen LogP contribution in [0.1, 0.15) is 18.2 Å². The lowest BCUT2D eigenvalue weighted by Crippen LogP contribution is -2.01. The normalized spacial score (nSPS) is 10.6. The van der Waals surface area contributed by atoms with Gasteiger partial charge in [0.25, 0.3) is 0 Å². The molecule has 0 aromatic carbocycles. The predicted molar refractivity (Wildman–Crippen MR) is 72.1 cm³/mol. The second kappa shape index (κ2) is 5.10. The molecule has 0 aliphatic rings. The number of aromatic nitrogens is 3. The number of aryl methyl sites for hydroxylation is 1. The molecule has 2 aromatic rings. The molecule has 88 valence electrons. The number of rotatable bonds is 2. The fraction of sp³-hybridized carbons (Fsp3) is 0.250. The molecule has 0 amide bonds. The van der Waals surface area contributed by atoms with Crippen molar-refractivity contribution in [2.24, 2.45) is 0 Å². The maximum absolute atomic E-state index is 6.11. The molecule has 2 aromatic heterocycles. The molecule has 0 aliphatic carbocycles. The Bertz CT molecular complexity index is 557. The van der Waals surface area contributed by atoms with Gasteiger partial charge >= 0.3 is 0 Å². The van der Waals surface area contributed by atoms with Gasteiger partial charge < -0.3 is 0 Å². The summed E-state index contributed by atoms with van der Waals surface area (Å²) in [6.07, 6.45) is 2.54. The summed E-state index contributed by atoms with van der Waals surface area (Å²) in [7, 11) is 0. The standard InChI is InChI=1S/C12H11BrClN3/c1-3-9-7(2)11(14)17-12(16-9)10-8(13)5-4-6-15-10/h4-6H,3H2,1-2H3. The summed E-state index contributed by atoms with van der Waals surface area (Å²) in [5, 5.41) is 0.490. The van der Waals surface area contributed by atoms with Crippen molar-refractivity contribution in [3.05, 3.63) is 39.2 Å². The van der Waals surface area contributed by atoms with Gasteiger partial charge in [-0.2, -0.15) is 0 Å². The van der Waals surface area contributed by atoms with Crippen molar-refractivity contribution in [1.29, 1.82) is 0 Å². The molecule has 0 saturated carbocycles. The number of nitrogens with zero attached hydrogens (tertiary/aromatic N) is 3. The van der Waals surface area contributed by atoms with Gasteiger partial charge in [-0.3, -0.25) is 4.98 Å². The predicted octanol–water partition coefficient (Wildman–Crippen LogP) is 3.83. The Balaban J connectivity index is 2.61. The van der Waals surface area contributed by atoms with Crippen molar-refractivity contribution in [2.45, 2.75) is 20.3 Å². The Morgan fingerprint density at radius 1 is 1.35 bits per heavy atom. The highest BCUT2D eigenvalue weighted by atomic mass is 79.9. The van der Waals surface area contributed by atoms with E-state index in [1.54, 1.807) is 6.20 Å². The molecule has 0 bridgehead atoms. The number of halogens is 2. The number of hydrogen-bond acceptors (Lipinski definition) is 3. The lowest BCUT2D eigenvalue weighted by atomic mass is 10.2. The van der Waals surface area contributed by atoms with Crippen LogP contribution in [0.4, 0.5) is 0 Å². The SMILES string of the molecule is CCc1nc(-c2ncccc2Br)nc(Cl)c1C. The molecular formula is C12H11BrClN3. The van der Waals surface area contributed by atoms with Crippen LogP contribution in [0.5, 0.6) is 0 Å². The Morgan fingerprint density at radius 2 is 2.12 bits per heavy atom. The van der Waals surface area contributed by atoms with Gasteiger partial charge in [0.05, 0.1) is 0 Å². The summed E-state index contributed by atoms with van der Waals surface area (Å²) in [6.45, 7) is 3.97. The Morgan fingerprint density at radius 3 is 2.76 bits per heavy atom. The van der Waals surface area contributed by atoms with Gasteiger partial charge in [-0.15, -0.1) is 0 Å². The quantitative estimate of drug-likeness (QED) is 0.791. The van der Waals surface area contributed by atoms with Crippen LogP contribution in [0, 0.1) is 6.92 Å². The minimum Gasteiger partial charge on any atom is -0.252 e. The topological polar surface area (TPSA) is 38.7 Å². The molecule has 3 nitrogen and oxygen atoms in total. The molecule has 0 aliphatic heterocycles. The van der Waals surface area contributed by atoms with Crippen LogP contribution in [0.2, 0.25) is 5.15 Å². The number of hydrogen-bond donors (Lipinski definition) is 0. The van der Waals surface area contributed by atoms with E-state index >= 15 is 0 Å². The van der Waals surface area contributed by atoms with E-state index in [1.165, 1.54) is 0 Å². The van der Waals surface area contributed by atoms with E-state index in [0.717, 1.165) is 22.2 Å². The van der Waals surface area contributed by atoms with Crippen LogP contribution in [-0.2, 0) is 6.42 Å². The first-order valence-electron chi connectivity index (χ1n) is 5.27. The van der Waals surface area contributed by atoms with Crippen LogP contribution >= 0.6 is 27.5 Å². The summed E-state index contributed by atoms with van der Waals surface area (Å²) in [5.41, 5.74) is 2.60. The highest BCUT2D eigenvalue weighted by molar-refractivity contribution is 9.10. The minimum atomic E-state index is 0.490. The van der Waals surface area contributed by atoms with Gasteiger partial charge in [-0.1, -0.05) is 18.5 Å². The van der Waals surface area contributed by atoms with E-state index in [-0.39, 0.29) is 0 Å². The zero-order chi connectivity index (χ0) is 12.4. The van der Waals surface area contributed by atoms with E-state index in [2.05, 4.69) is 30.9 Å². The Kier molecular flexibility index (Phi) is 3.74. The minimum absolute atomic E-state index is 0.490. The summed E-state index contributed by atoms with van der Waals surface area (Å²) >= 11 is 9.54. The molecule has 0 saturated heterocycles. The monoisotopic (exact) mass is 311 g/mol. The van der Waals surface area contributed by atoms with Crippen molar-refractivity contribution in [3.63, 3.8) is 0 Å². The second-order valence-corrected chi connectivity index (χ2v) is 4.81. The summed E-state index contributed by atoms with van der Waals surface area (Å²) in [6, 6.07) is 3.76. The molecule has 17 heavy (non-hydrogen) atoms. The van der Waals surface area contributed by atoms with E-state index in [4.69, 9.17) is 11.6 Å². The van der Waals surface area contributed by atoms with E-state index in [1.807, 2.05) is 26.0 Å². The maximum Gasteiger partial charge on any atom is 0.181 e. The van der Waals surface area contributed by atoms with E-state index in [0.29, 0.717) is 16.7 Å². The Hall–Kier alpha value is -1.00. The fourth-order valence-electron chi connectivity index (χ4n) is 1.53. The highest BCUT2D eigenvalue weighted by Gasteiger charge is 2.12. The molecule has 2 rings (SSSR count). The van der Waals surface area contributed by atoms with Crippen LogP contribution in [0.3, 0.4) is 0 Å². The highest BCUT2D eigenvalue weighted by Crippen LogP contribution is 2.26. The Labute approximate surface area is 113 Å². The molecule has 0 fully saturated rings. The van der Waals surface area contributed by atoms with E-state index in [9.17, 15) is 0 Å². The molecule has 0 unspecified atom stereocenters. The zero-order valence-electron chi connectivity index (χ0n) is 9.54. The molecule has 5 heteroatoms. The van der Waals surface area contributed by atoms with Crippen molar-refractivity contribution < 1.29 is 0 Å². The van der Waals surface area contributed by atoms with Gasteiger partial charge in [0.15, 0.2) is 5.82 Å². The van der Waals surface area contributed by atoms with Crippen LogP contribution in [-0.4, -0.2) is 15.0 Å². The van der Waals surface area contributed by atoms with Gasteiger partial charge in [-0.05, 0) is 41.4 Å². The van der Waals surface area contributed by atoms with Crippen molar-refractivity contribution in [1.82, 2.24) is 15.0 Å².